The van der Waals surface area contributed by atoms with Crippen molar-refractivity contribution in [3.8, 4) is 11.5 Å². The van der Waals surface area contributed by atoms with Gasteiger partial charge in [0.25, 0.3) is 0 Å². The third-order valence-electron chi connectivity index (χ3n) is 4.35. The highest BCUT2D eigenvalue weighted by Gasteiger charge is 2.41. The number of nitrogens with zero attached hydrogens (tertiary/aromatic N) is 1. The third kappa shape index (κ3) is 2.32. The van der Waals surface area contributed by atoms with E-state index in [4.69, 9.17) is 9.47 Å². The quantitative estimate of drug-likeness (QED) is 0.630. The molecule has 0 amide bonds. The Morgan fingerprint density at radius 3 is 2.62 bits per heavy atom. The van der Waals surface area contributed by atoms with Gasteiger partial charge in [-0.05, 0) is 44.4 Å². The van der Waals surface area contributed by atoms with Gasteiger partial charge in [0.15, 0.2) is 11.5 Å². The fraction of sp³-hybridized carbons (Fsp3) is 0.562. The third-order valence-corrected chi connectivity index (χ3v) is 4.35. The van der Waals surface area contributed by atoms with E-state index in [1.807, 2.05) is 0 Å². The summed E-state index contributed by atoms with van der Waals surface area (Å²) in [7, 11) is 0. The van der Waals surface area contributed by atoms with Gasteiger partial charge < -0.3 is 9.47 Å². The minimum Gasteiger partial charge on any atom is -0.454 e. The van der Waals surface area contributed by atoms with Crippen molar-refractivity contribution >= 4 is 6.08 Å². The van der Waals surface area contributed by atoms with Crippen LogP contribution in [0.15, 0.2) is 17.1 Å². The molecule has 0 bridgehead atoms. The van der Waals surface area contributed by atoms with Crippen LogP contribution in [0.1, 0.15) is 50.7 Å². The maximum Gasteiger partial charge on any atom is 0.235 e. The van der Waals surface area contributed by atoms with Gasteiger partial charge in [-0.3, -0.25) is 0 Å². The van der Waals surface area contributed by atoms with Crippen LogP contribution in [0.3, 0.4) is 0 Å². The maximum absolute atomic E-state index is 14.4. The SMILES string of the molecule is CC(C)(F)c1cc2c(c(C3(N=C=O)CCCC3)c1)OCO2. The van der Waals surface area contributed by atoms with Gasteiger partial charge in [-0.15, -0.1) is 0 Å². The van der Waals surface area contributed by atoms with E-state index in [1.165, 1.54) is 13.8 Å². The lowest BCUT2D eigenvalue weighted by Crippen LogP contribution is -2.21. The number of halogens is 1. The van der Waals surface area contributed by atoms with Crippen LogP contribution in [0.25, 0.3) is 0 Å². The molecular weight excluding hydrogens is 273 g/mol. The number of isocyanates is 1. The van der Waals surface area contributed by atoms with E-state index in [0.29, 0.717) is 17.1 Å². The van der Waals surface area contributed by atoms with E-state index in [-0.39, 0.29) is 6.79 Å². The molecule has 21 heavy (non-hydrogen) atoms. The lowest BCUT2D eigenvalue weighted by atomic mass is 9.85. The number of benzene rings is 1. The molecule has 5 heteroatoms. The molecule has 112 valence electrons. The average molecular weight is 291 g/mol. The zero-order valence-corrected chi connectivity index (χ0v) is 12.2. The number of ether oxygens (including phenoxy) is 2. The van der Waals surface area contributed by atoms with Gasteiger partial charge in [0.1, 0.15) is 11.2 Å². The van der Waals surface area contributed by atoms with Gasteiger partial charge in [0.2, 0.25) is 12.9 Å². The van der Waals surface area contributed by atoms with Crippen molar-refractivity contribution in [1.29, 1.82) is 0 Å². The highest BCUT2D eigenvalue weighted by atomic mass is 19.1. The van der Waals surface area contributed by atoms with Crippen molar-refractivity contribution in [2.45, 2.75) is 50.7 Å². The fourth-order valence-corrected chi connectivity index (χ4v) is 3.19. The largest absolute Gasteiger partial charge is 0.454 e. The van der Waals surface area contributed by atoms with Crippen molar-refractivity contribution < 1.29 is 18.7 Å². The van der Waals surface area contributed by atoms with Crippen molar-refractivity contribution in [3.05, 3.63) is 23.3 Å². The van der Waals surface area contributed by atoms with Crippen LogP contribution in [0.2, 0.25) is 0 Å². The Kier molecular flexibility index (Phi) is 3.25. The van der Waals surface area contributed by atoms with E-state index in [0.717, 1.165) is 31.2 Å². The predicted molar refractivity (Wildman–Crippen MR) is 75.0 cm³/mol. The van der Waals surface area contributed by atoms with Crippen molar-refractivity contribution in [1.82, 2.24) is 0 Å². The molecule has 3 rings (SSSR count). The Balaban J connectivity index is 2.21. The molecule has 0 N–H and O–H groups in total. The van der Waals surface area contributed by atoms with Crippen molar-refractivity contribution in [3.63, 3.8) is 0 Å². The molecule has 0 saturated heterocycles. The molecule has 0 aromatic heterocycles. The summed E-state index contributed by atoms with van der Waals surface area (Å²) in [6.45, 7) is 3.11. The molecule has 1 saturated carbocycles. The minimum atomic E-state index is -1.50. The molecule has 4 nitrogen and oxygen atoms in total. The summed E-state index contributed by atoms with van der Waals surface area (Å²) in [4.78, 5) is 14.9. The Labute approximate surface area is 123 Å². The Morgan fingerprint density at radius 2 is 2.00 bits per heavy atom. The summed E-state index contributed by atoms with van der Waals surface area (Å²) in [6.07, 6.45) is 5.12. The summed E-state index contributed by atoms with van der Waals surface area (Å²) in [5, 5.41) is 0. The molecule has 1 aromatic carbocycles. The van der Waals surface area contributed by atoms with Gasteiger partial charge in [-0.25, -0.2) is 9.18 Å². The molecule has 0 atom stereocenters. The summed E-state index contributed by atoms with van der Waals surface area (Å²) in [5.74, 6) is 1.12. The predicted octanol–water partition coefficient (Wildman–Crippen LogP) is 3.73. The molecule has 1 fully saturated rings. The molecular formula is C16H18FNO3. The van der Waals surface area contributed by atoms with E-state index in [2.05, 4.69) is 4.99 Å². The molecule has 0 spiro atoms. The monoisotopic (exact) mass is 291 g/mol. The first-order valence-electron chi connectivity index (χ1n) is 7.19. The minimum absolute atomic E-state index is 0.111. The molecule has 2 aliphatic rings. The molecule has 1 aliphatic heterocycles. The molecule has 1 aromatic rings. The first-order valence-corrected chi connectivity index (χ1v) is 7.19. The number of hydrogen-bond acceptors (Lipinski definition) is 4. The van der Waals surface area contributed by atoms with E-state index < -0.39 is 11.2 Å². The number of hydrogen-bond donors (Lipinski definition) is 0. The summed E-state index contributed by atoms with van der Waals surface area (Å²) in [6, 6.07) is 3.43. The zero-order chi connectivity index (χ0) is 15.1. The van der Waals surface area contributed by atoms with Crippen LogP contribution in [-0.2, 0) is 16.0 Å². The van der Waals surface area contributed by atoms with Gasteiger partial charge in [-0.2, -0.15) is 4.99 Å². The van der Waals surface area contributed by atoms with E-state index >= 15 is 0 Å². The number of rotatable bonds is 3. The molecule has 1 aliphatic carbocycles. The highest BCUT2D eigenvalue weighted by Crippen LogP contribution is 2.51. The molecule has 0 unspecified atom stereocenters. The second-order valence-electron chi connectivity index (χ2n) is 6.17. The Morgan fingerprint density at radius 1 is 1.29 bits per heavy atom. The first-order chi connectivity index (χ1) is 9.96. The van der Waals surface area contributed by atoms with Gasteiger partial charge >= 0.3 is 0 Å². The van der Waals surface area contributed by atoms with Crippen LogP contribution in [-0.4, -0.2) is 12.9 Å². The van der Waals surface area contributed by atoms with Crippen LogP contribution in [0.4, 0.5) is 4.39 Å². The van der Waals surface area contributed by atoms with Gasteiger partial charge in [0, 0.05) is 5.56 Å². The van der Waals surface area contributed by atoms with Crippen molar-refractivity contribution in [2.24, 2.45) is 4.99 Å². The summed E-state index contributed by atoms with van der Waals surface area (Å²) >= 11 is 0. The van der Waals surface area contributed by atoms with Crippen LogP contribution < -0.4 is 9.47 Å². The molecule has 0 radical (unpaired) electrons. The van der Waals surface area contributed by atoms with Crippen molar-refractivity contribution in [2.75, 3.05) is 6.79 Å². The van der Waals surface area contributed by atoms with Crippen LogP contribution >= 0.6 is 0 Å². The number of fused-ring (bicyclic) bond motifs is 1. The second-order valence-corrected chi connectivity index (χ2v) is 6.17. The maximum atomic E-state index is 14.4. The van der Waals surface area contributed by atoms with Gasteiger partial charge in [-0.1, -0.05) is 12.8 Å². The molecule has 1 heterocycles. The Bertz CT molecular complexity index is 609. The fourth-order valence-electron chi connectivity index (χ4n) is 3.19. The summed E-state index contributed by atoms with van der Waals surface area (Å²) in [5.41, 5.74) is -0.894. The number of alkyl halides is 1. The topological polar surface area (TPSA) is 47.9 Å². The van der Waals surface area contributed by atoms with Crippen LogP contribution in [0, 0.1) is 0 Å². The zero-order valence-electron chi connectivity index (χ0n) is 12.2. The normalized spacial score (nSPS) is 19.4. The highest BCUT2D eigenvalue weighted by molar-refractivity contribution is 5.56. The van der Waals surface area contributed by atoms with E-state index in [1.54, 1.807) is 18.2 Å². The van der Waals surface area contributed by atoms with Crippen LogP contribution in [0.5, 0.6) is 11.5 Å². The first kappa shape index (κ1) is 14.1. The number of carbonyl (C=O) groups excluding carboxylic acids is 1. The summed E-state index contributed by atoms with van der Waals surface area (Å²) < 4.78 is 25.3. The van der Waals surface area contributed by atoms with E-state index in [9.17, 15) is 9.18 Å². The number of aliphatic imine (C=N–C) groups is 1. The lowest BCUT2D eigenvalue weighted by Gasteiger charge is -2.26. The lowest BCUT2D eigenvalue weighted by molar-refractivity contribution is 0.171. The average Bonchev–Trinajstić information content (AvgIpc) is 3.05. The van der Waals surface area contributed by atoms with Gasteiger partial charge in [0.05, 0.1) is 0 Å². The standard InChI is InChI=1S/C16H18FNO3/c1-15(2,17)11-7-12(14-13(8-11)20-10-21-14)16(18-9-19)5-3-4-6-16/h7-8H,3-6,10H2,1-2H3. The second kappa shape index (κ2) is 4.85. The Hall–Kier alpha value is -1.87. The smallest absolute Gasteiger partial charge is 0.235 e.